The van der Waals surface area contributed by atoms with Gasteiger partial charge in [-0.25, -0.2) is 0 Å². The molecule has 0 bridgehead atoms. The zero-order chi connectivity index (χ0) is 10.1. The van der Waals surface area contributed by atoms with E-state index in [1.54, 1.807) is 0 Å². The Morgan fingerprint density at radius 1 is 1.31 bits per heavy atom. The molecule has 3 nitrogen and oxygen atoms in total. The lowest BCUT2D eigenvalue weighted by Gasteiger charge is -2.28. The van der Waals surface area contributed by atoms with Crippen molar-refractivity contribution in [2.45, 2.75) is 32.4 Å². The van der Waals surface area contributed by atoms with E-state index >= 15 is 0 Å². The molecule has 0 aromatic rings. The van der Waals surface area contributed by atoms with E-state index in [0.717, 1.165) is 0 Å². The van der Waals surface area contributed by atoms with E-state index < -0.39 is 7.38 Å². The van der Waals surface area contributed by atoms with Crippen LogP contribution in [-0.4, -0.2) is 30.3 Å². The maximum absolute atomic E-state index is 11.4. The Kier molecular flexibility index (Phi) is 3.13. The van der Waals surface area contributed by atoms with E-state index in [1.807, 2.05) is 13.1 Å². The number of amides is 2. The molecule has 0 unspecified atom stereocenters. The summed E-state index contributed by atoms with van der Waals surface area (Å²) in [5, 5.41) is 0. The van der Waals surface area contributed by atoms with Gasteiger partial charge in [-0.2, -0.15) is 11.1 Å². The molecule has 0 aromatic heterocycles. The zero-order valence-corrected chi connectivity index (χ0v) is 9.73. The lowest BCUT2D eigenvalue weighted by molar-refractivity contribution is -0.146. The van der Waals surface area contributed by atoms with Crippen molar-refractivity contribution in [1.82, 2.24) is 4.90 Å². The zero-order valence-electron chi connectivity index (χ0n) is 7.97. The van der Waals surface area contributed by atoms with Gasteiger partial charge in [-0.3, -0.25) is 14.5 Å². The third kappa shape index (κ3) is 3.12. The summed E-state index contributed by atoms with van der Waals surface area (Å²) in [6.07, 6.45) is 2.13. The summed E-state index contributed by atoms with van der Waals surface area (Å²) in [6, 6.07) is 0. The summed E-state index contributed by atoms with van der Waals surface area (Å²) in [4.78, 5) is 24.0. The molecular formula is C8H14ClNO2Si. The number of nitrogens with zero attached hydrogens (tertiary/aromatic N) is 1. The van der Waals surface area contributed by atoms with Gasteiger partial charge in [0, 0.05) is 19.0 Å². The second-order valence-corrected chi connectivity index (χ2v) is 10.8. The van der Waals surface area contributed by atoms with E-state index in [-0.39, 0.29) is 11.8 Å². The van der Waals surface area contributed by atoms with E-state index in [9.17, 15) is 9.59 Å². The van der Waals surface area contributed by atoms with E-state index in [4.69, 9.17) is 11.1 Å². The summed E-state index contributed by atoms with van der Waals surface area (Å²) >= 11 is 6.09. The fourth-order valence-electron chi connectivity index (χ4n) is 1.35. The predicted molar refractivity (Wildman–Crippen MR) is 53.9 cm³/mol. The molecule has 0 N–H and O–H groups in total. The Morgan fingerprint density at radius 2 is 1.77 bits per heavy atom. The van der Waals surface area contributed by atoms with Crippen LogP contribution >= 0.6 is 11.1 Å². The van der Waals surface area contributed by atoms with Crippen molar-refractivity contribution in [3.63, 3.8) is 0 Å². The normalized spacial score (nSPS) is 19.5. The largest absolute Gasteiger partial charge is 0.284 e. The molecule has 1 fully saturated rings. The third-order valence-electron chi connectivity index (χ3n) is 1.92. The summed E-state index contributed by atoms with van der Waals surface area (Å²) in [5.74, 6) is -0.116. The van der Waals surface area contributed by atoms with Crippen LogP contribution in [0.4, 0.5) is 0 Å². The minimum absolute atomic E-state index is 0.0579. The highest BCUT2D eigenvalue weighted by atomic mass is 35.6. The maximum Gasteiger partial charge on any atom is 0.228 e. The topological polar surface area (TPSA) is 37.4 Å². The highest BCUT2D eigenvalue weighted by Crippen LogP contribution is 2.17. The molecule has 0 aliphatic carbocycles. The Hall–Kier alpha value is -0.353. The van der Waals surface area contributed by atoms with Crippen LogP contribution in [-0.2, 0) is 9.59 Å². The molecule has 1 heterocycles. The average Bonchev–Trinajstić information content (AvgIpc) is 1.95. The molecule has 0 radical (unpaired) electrons. The number of hydrogen-bond acceptors (Lipinski definition) is 2. The molecule has 1 saturated heterocycles. The van der Waals surface area contributed by atoms with Gasteiger partial charge in [-0.05, 0) is 6.42 Å². The van der Waals surface area contributed by atoms with Crippen molar-refractivity contribution in [2.24, 2.45) is 0 Å². The number of carbonyl (C=O) groups excluding carboxylic acids is 2. The summed E-state index contributed by atoms with van der Waals surface area (Å²) in [6.45, 7) is 3.87. The number of hydrogen-bond donors (Lipinski definition) is 0. The van der Waals surface area contributed by atoms with Crippen LogP contribution in [0.25, 0.3) is 0 Å². The third-order valence-corrected chi connectivity index (χ3v) is 3.34. The van der Waals surface area contributed by atoms with Crippen molar-refractivity contribution in [3.05, 3.63) is 0 Å². The van der Waals surface area contributed by atoms with Gasteiger partial charge in [0.1, 0.15) is 0 Å². The first-order valence-corrected chi connectivity index (χ1v) is 8.64. The van der Waals surface area contributed by atoms with Crippen LogP contribution in [0.15, 0.2) is 0 Å². The average molecular weight is 220 g/mol. The van der Waals surface area contributed by atoms with Crippen LogP contribution in [0.3, 0.4) is 0 Å². The number of piperidine rings is 1. The summed E-state index contributed by atoms with van der Waals surface area (Å²) in [5.41, 5.74) is 0. The van der Waals surface area contributed by atoms with E-state index in [2.05, 4.69) is 0 Å². The molecule has 1 rings (SSSR count). The lowest BCUT2D eigenvalue weighted by atomic mass is 10.1. The van der Waals surface area contributed by atoms with Crippen LogP contribution in [0.5, 0.6) is 0 Å². The molecule has 1 aliphatic heterocycles. The van der Waals surface area contributed by atoms with Gasteiger partial charge in [0.05, 0.1) is 0 Å². The molecule has 0 saturated carbocycles. The fraction of sp³-hybridized carbons (Fsp3) is 0.750. The maximum atomic E-state index is 11.4. The van der Waals surface area contributed by atoms with Crippen LogP contribution in [0.1, 0.15) is 19.3 Å². The lowest BCUT2D eigenvalue weighted by Crippen LogP contribution is -2.47. The van der Waals surface area contributed by atoms with Crippen LogP contribution in [0.2, 0.25) is 13.1 Å². The van der Waals surface area contributed by atoms with Crippen molar-refractivity contribution in [1.29, 1.82) is 0 Å². The molecule has 2 amide bonds. The number of rotatable bonds is 2. The smallest absolute Gasteiger partial charge is 0.228 e. The summed E-state index contributed by atoms with van der Waals surface area (Å²) in [7, 11) is -1.87. The van der Waals surface area contributed by atoms with Gasteiger partial charge in [0.2, 0.25) is 11.8 Å². The van der Waals surface area contributed by atoms with Gasteiger partial charge in [0.15, 0.2) is 7.38 Å². The predicted octanol–water partition coefficient (Wildman–Crippen LogP) is 1.51. The van der Waals surface area contributed by atoms with E-state index in [1.165, 1.54) is 4.90 Å². The Labute approximate surface area is 83.8 Å². The SMILES string of the molecule is C[Si](C)(Cl)CN1C(=O)CCCC1=O. The van der Waals surface area contributed by atoms with Crippen molar-refractivity contribution >= 4 is 30.3 Å². The molecule has 0 aromatic carbocycles. The minimum Gasteiger partial charge on any atom is -0.284 e. The molecule has 13 heavy (non-hydrogen) atoms. The molecule has 1 aliphatic rings. The number of halogens is 1. The van der Waals surface area contributed by atoms with Gasteiger partial charge in [-0.1, -0.05) is 13.1 Å². The molecule has 5 heteroatoms. The highest BCUT2D eigenvalue weighted by molar-refractivity contribution is 7.19. The molecule has 0 spiro atoms. The quantitative estimate of drug-likeness (QED) is 0.401. The number of imide groups is 1. The van der Waals surface area contributed by atoms with Gasteiger partial charge >= 0.3 is 0 Å². The van der Waals surface area contributed by atoms with Crippen LogP contribution in [0, 0.1) is 0 Å². The molecule has 0 atom stereocenters. The van der Waals surface area contributed by atoms with Crippen molar-refractivity contribution in [3.8, 4) is 0 Å². The van der Waals surface area contributed by atoms with E-state index in [0.29, 0.717) is 25.4 Å². The van der Waals surface area contributed by atoms with Gasteiger partial charge < -0.3 is 0 Å². The van der Waals surface area contributed by atoms with Crippen molar-refractivity contribution in [2.75, 3.05) is 6.17 Å². The van der Waals surface area contributed by atoms with Gasteiger partial charge in [-0.15, -0.1) is 0 Å². The van der Waals surface area contributed by atoms with Gasteiger partial charge in [0.25, 0.3) is 0 Å². The molecule has 74 valence electrons. The molecular weight excluding hydrogens is 206 g/mol. The number of carbonyl (C=O) groups is 2. The summed E-state index contributed by atoms with van der Waals surface area (Å²) < 4.78 is 0. The number of likely N-dealkylation sites (tertiary alicyclic amines) is 1. The first-order chi connectivity index (χ1) is 5.90. The second-order valence-electron chi connectivity index (χ2n) is 3.95. The monoisotopic (exact) mass is 219 g/mol. The Bertz CT molecular complexity index is 221. The van der Waals surface area contributed by atoms with Crippen LogP contribution < -0.4 is 0 Å². The fourth-order valence-corrected chi connectivity index (χ4v) is 2.82. The first-order valence-electron chi connectivity index (χ1n) is 4.42. The Morgan fingerprint density at radius 3 is 2.15 bits per heavy atom. The van der Waals surface area contributed by atoms with Crippen molar-refractivity contribution < 1.29 is 9.59 Å². The minimum atomic E-state index is -1.87. The standard InChI is InChI=1S/C8H14ClNO2Si/c1-13(2,9)6-10-7(11)4-3-5-8(10)12/h3-6H2,1-2H3. The first kappa shape index (κ1) is 10.7. The second kappa shape index (κ2) is 3.80. The highest BCUT2D eigenvalue weighted by Gasteiger charge is 2.31. The Balaban J connectivity index is 2.65.